The molecular formula is C61H112O6. The molecule has 6 nitrogen and oxygen atoms in total. The Morgan fingerprint density at radius 2 is 0.582 bits per heavy atom. The van der Waals surface area contributed by atoms with Crippen LogP contribution >= 0.6 is 0 Å². The molecule has 0 aliphatic heterocycles. The Kier molecular flexibility index (Phi) is 54.2. The maximum atomic E-state index is 12.8. The predicted molar refractivity (Wildman–Crippen MR) is 289 cm³/mol. The van der Waals surface area contributed by atoms with Gasteiger partial charge in [0.25, 0.3) is 0 Å². The second-order valence-electron chi connectivity index (χ2n) is 19.9. The Bertz CT molecular complexity index is 1130. The maximum absolute atomic E-state index is 12.8. The van der Waals surface area contributed by atoms with Crippen molar-refractivity contribution in [1.82, 2.24) is 0 Å². The normalized spacial score (nSPS) is 12.2. The van der Waals surface area contributed by atoms with Crippen molar-refractivity contribution in [3.05, 3.63) is 36.5 Å². The van der Waals surface area contributed by atoms with E-state index in [0.717, 1.165) is 96.3 Å². The fourth-order valence-electron chi connectivity index (χ4n) is 8.75. The minimum atomic E-state index is -0.775. The highest BCUT2D eigenvalue weighted by molar-refractivity contribution is 5.71. The number of hydrogen-bond donors (Lipinski definition) is 0. The maximum Gasteiger partial charge on any atom is 0.306 e. The van der Waals surface area contributed by atoms with E-state index in [-0.39, 0.29) is 31.1 Å². The van der Waals surface area contributed by atoms with E-state index < -0.39 is 6.10 Å². The first kappa shape index (κ1) is 64.6. The van der Waals surface area contributed by atoms with Crippen molar-refractivity contribution < 1.29 is 28.6 Å². The molecule has 0 radical (unpaired) electrons. The van der Waals surface area contributed by atoms with Crippen LogP contribution < -0.4 is 0 Å². The number of ether oxygens (including phenoxy) is 3. The van der Waals surface area contributed by atoms with Gasteiger partial charge in [-0.05, 0) is 51.4 Å². The van der Waals surface area contributed by atoms with E-state index in [1.165, 1.54) is 180 Å². The Hall–Kier alpha value is -2.37. The van der Waals surface area contributed by atoms with Crippen LogP contribution in [0.3, 0.4) is 0 Å². The summed E-state index contributed by atoms with van der Waals surface area (Å²) in [6.45, 7) is 6.56. The van der Waals surface area contributed by atoms with E-state index >= 15 is 0 Å². The van der Waals surface area contributed by atoms with Crippen LogP contribution in [0, 0.1) is 0 Å². The van der Waals surface area contributed by atoms with Crippen LogP contribution in [0.15, 0.2) is 36.5 Å². The molecule has 0 aromatic rings. The van der Waals surface area contributed by atoms with Gasteiger partial charge in [-0.15, -0.1) is 0 Å². The van der Waals surface area contributed by atoms with Crippen LogP contribution in [-0.4, -0.2) is 37.2 Å². The first-order valence-electron chi connectivity index (χ1n) is 29.5. The largest absolute Gasteiger partial charge is 0.462 e. The van der Waals surface area contributed by atoms with Gasteiger partial charge in [0.1, 0.15) is 13.2 Å². The lowest BCUT2D eigenvalue weighted by Crippen LogP contribution is -2.30. The molecule has 0 rings (SSSR count). The molecule has 67 heavy (non-hydrogen) atoms. The summed E-state index contributed by atoms with van der Waals surface area (Å²) in [7, 11) is 0. The number of rotatable bonds is 54. The van der Waals surface area contributed by atoms with Gasteiger partial charge in [0, 0.05) is 19.3 Å². The molecule has 1 atom stereocenters. The van der Waals surface area contributed by atoms with Crippen molar-refractivity contribution >= 4 is 17.9 Å². The summed E-state index contributed by atoms with van der Waals surface area (Å²) >= 11 is 0. The summed E-state index contributed by atoms with van der Waals surface area (Å²) in [5.41, 5.74) is 0. The lowest BCUT2D eigenvalue weighted by atomic mass is 10.0. The van der Waals surface area contributed by atoms with Crippen LogP contribution in [0.2, 0.25) is 0 Å². The molecule has 0 N–H and O–H groups in total. The SMILES string of the molecule is CC/C=C\C/C=C\C/C=C\CCCCCCCC(=O)OC[C@H](COC(=O)CCCCCCCCCCCCCCCCCCCCCCC)OC(=O)CCCCCCCCCCCCCCC. The molecule has 0 spiro atoms. The van der Waals surface area contributed by atoms with E-state index in [4.69, 9.17) is 14.2 Å². The van der Waals surface area contributed by atoms with Crippen LogP contribution in [-0.2, 0) is 28.6 Å². The van der Waals surface area contributed by atoms with Gasteiger partial charge in [0.05, 0.1) is 0 Å². The molecule has 0 aromatic heterocycles. The Morgan fingerprint density at radius 3 is 0.910 bits per heavy atom. The monoisotopic (exact) mass is 941 g/mol. The molecule has 0 aliphatic rings. The molecule has 0 fully saturated rings. The zero-order valence-corrected chi connectivity index (χ0v) is 44.9. The summed E-state index contributed by atoms with van der Waals surface area (Å²) in [6, 6.07) is 0. The standard InChI is InChI=1S/C61H112O6/c1-4-7-10-13-16-19-22-25-27-28-29-30-31-32-34-37-39-42-45-48-51-54-60(63)66-57-58(67-61(64)55-52-49-46-43-40-35-24-21-18-15-12-9-6-3)56-65-59(62)53-50-47-44-41-38-36-33-26-23-20-17-14-11-8-5-2/h8,11,17,20,26,33,58H,4-7,9-10,12-16,18-19,21-25,27-32,34-57H2,1-3H3/b11-8-,20-17-,33-26-/t58-/m1/s1. The highest BCUT2D eigenvalue weighted by Gasteiger charge is 2.19. The second kappa shape index (κ2) is 56.2. The van der Waals surface area contributed by atoms with Crippen LogP contribution in [0.4, 0.5) is 0 Å². The van der Waals surface area contributed by atoms with Crippen LogP contribution in [0.5, 0.6) is 0 Å². The summed E-state index contributed by atoms with van der Waals surface area (Å²) in [6.07, 6.45) is 67.1. The number of allylic oxidation sites excluding steroid dienone is 6. The van der Waals surface area contributed by atoms with E-state index in [1.807, 2.05) is 0 Å². The van der Waals surface area contributed by atoms with Gasteiger partial charge in [-0.2, -0.15) is 0 Å². The van der Waals surface area contributed by atoms with E-state index in [0.29, 0.717) is 19.3 Å². The van der Waals surface area contributed by atoms with Gasteiger partial charge < -0.3 is 14.2 Å². The molecule has 6 heteroatoms. The van der Waals surface area contributed by atoms with Crippen LogP contribution in [0.25, 0.3) is 0 Å². The number of hydrogen-bond acceptors (Lipinski definition) is 6. The Labute approximate surface area is 416 Å². The number of carbonyl (C=O) groups is 3. The predicted octanol–water partition coefficient (Wildman–Crippen LogP) is 19.7. The van der Waals surface area contributed by atoms with Gasteiger partial charge in [0.15, 0.2) is 6.10 Å². The third-order valence-corrected chi connectivity index (χ3v) is 13.2. The average molecular weight is 942 g/mol. The number of carbonyl (C=O) groups excluding carboxylic acids is 3. The second-order valence-corrected chi connectivity index (χ2v) is 19.9. The highest BCUT2D eigenvalue weighted by atomic mass is 16.6. The molecule has 0 saturated heterocycles. The van der Waals surface area contributed by atoms with Crippen molar-refractivity contribution in [2.75, 3.05) is 13.2 Å². The first-order chi connectivity index (χ1) is 33.0. The summed E-state index contributed by atoms with van der Waals surface area (Å²) in [4.78, 5) is 38.1. The quantitative estimate of drug-likeness (QED) is 0.0262. The van der Waals surface area contributed by atoms with Crippen molar-refractivity contribution in [3.8, 4) is 0 Å². The summed E-state index contributed by atoms with van der Waals surface area (Å²) in [5, 5.41) is 0. The molecule has 0 aliphatic carbocycles. The first-order valence-corrected chi connectivity index (χ1v) is 29.5. The molecule has 392 valence electrons. The molecule has 0 bridgehead atoms. The summed E-state index contributed by atoms with van der Waals surface area (Å²) < 4.78 is 16.9. The van der Waals surface area contributed by atoms with Crippen molar-refractivity contribution in [2.24, 2.45) is 0 Å². The Balaban J connectivity index is 4.28. The van der Waals surface area contributed by atoms with Crippen molar-refractivity contribution in [2.45, 2.75) is 322 Å². The topological polar surface area (TPSA) is 78.9 Å². The van der Waals surface area contributed by atoms with Crippen molar-refractivity contribution in [1.29, 1.82) is 0 Å². The van der Waals surface area contributed by atoms with E-state index in [1.54, 1.807) is 0 Å². The Morgan fingerprint density at radius 1 is 0.313 bits per heavy atom. The lowest BCUT2D eigenvalue weighted by Gasteiger charge is -2.18. The van der Waals surface area contributed by atoms with Gasteiger partial charge in [-0.25, -0.2) is 0 Å². The van der Waals surface area contributed by atoms with Crippen LogP contribution in [0.1, 0.15) is 316 Å². The van der Waals surface area contributed by atoms with E-state index in [2.05, 4.69) is 57.2 Å². The van der Waals surface area contributed by atoms with Gasteiger partial charge in [-0.1, -0.05) is 282 Å². The molecule has 0 aromatic carbocycles. The van der Waals surface area contributed by atoms with E-state index in [9.17, 15) is 14.4 Å². The zero-order chi connectivity index (χ0) is 48.6. The number of unbranched alkanes of at least 4 members (excludes halogenated alkanes) is 37. The highest BCUT2D eigenvalue weighted by Crippen LogP contribution is 2.17. The number of esters is 3. The third kappa shape index (κ3) is 54.4. The minimum absolute atomic E-state index is 0.0727. The molecule has 0 amide bonds. The fraction of sp³-hybridized carbons (Fsp3) is 0.852. The smallest absolute Gasteiger partial charge is 0.306 e. The molecule has 0 heterocycles. The minimum Gasteiger partial charge on any atom is -0.462 e. The fourth-order valence-corrected chi connectivity index (χ4v) is 8.75. The molecule has 0 saturated carbocycles. The van der Waals surface area contributed by atoms with Gasteiger partial charge >= 0.3 is 17.9 Å². The zero-order valence-electron chi connectivity index (χ0n) is 44.9. The molecular weight excluding hydrogens is 829 g/mol. The third-order valence-electron chi connectivity index (χ3n) is 13.2. The van der Waals surface area contributed by atoms with Gasteiger partial charge in [-0.3, -0.25) is 14.4 Å². The van der Waals surface area contributed by atoms with Gasteiger partial charge in [0.2, 0.25) is 0 Å². The summed E-state index contributed by atoms with van der Waals surface area (Å²) in [5.74, 6) is -0.871. The average Bonchev–Trinajstić information content (AvgIpc) is 3.33. The lowest BCUT2D eigenvalue weighted by molar-refractivity contribution is -0.167. The van der Waals surface area contributed by atoms with Crippen molar-refractivity contribution in [3.63, 3.8) is 0 Å². The molecule has 0 unspecified atom stereocenters.